The number of carbonyl (C=O) groups excluding carboxylic acids is 3. The van der Waals surface area contributed by atoms with Crippen molar-refractivity contribution in [2.45, 2.75) is 31.2 Å². The molecule has 6 nitrogen and oxygen atoms in total. The Balaban J connectivity index is 2.11. The largest absolute Gasteiger partial charge is 0.369 e. The van der Waals surface area contributed by atoms with Crippen LogP contribution < -0.4 is 16.4 Å². The number of nitrogens with one attached hydrogen (secondary N) is 2. The van der Waals surface area contributed by atoms with Crippen LogP contribution in [0.5, 0.6) is 0 Å². The zero-order chi connectivity index (χ0) is 18.9. The number of imide groups is 1. The fourth-order valence-electron chi connectivity index (χ4n) is 3.83. The van der Waals surface area contributed by atoms with Gasteiger partial charge in [0, 0.05) is 0 Å². The third-order valence-corrected chi connectivity index (χ3v) is 5.33. The summed E-state index contributed by atoms with van der Waals surface area (Å²) in [7, 11) is 0. The first-order chi connectivity index (χ1) is 12.3. The fraction of sp³-hybridized carbons (Fsp3) is 0.250. The predicted molar refractivity (Wildman–Crippen MR) is 98.1 cm³/mol. The Hall–Kier alpha value is -3.15. The molecule has 0 aromatic heterocycles. The van der Waals surface area contributed by atoms with E-state index in [0.717, 1.165) is 11.1 Å². The van der Waals surface area contributed by atoms with E-state index in [1.54, 1.807) is 19.1 Å². The Morgan fingerprint density at radius 2 is 1.62 bits per heavy atom. The number of amides is 4. The molecule has 0 aliphatic carbocycles. The number of hydrogen-bond donors (Lipinski definition) is 3. The lowest BCUT2D eigenvalue weighted by molar-refractivity contribution is -0.135. The molecule has 0 radical (unpaired) electrons. The normalized spacial score (nSPS) is 21.6. The number of nitrogens with two attached hydrogens (primary N) is 1. The minimum Gasteiger partial charge on any atom is -0.369 e. The smallest absolute Gasteiger partial charge is 0.322 e. The van der Waals surface area contributed by atoms with Gasteiger partial charge in [0.2, 0.25) is 5.91 Å². The van der Waals surface area contributed by atoms with Crippen LogP contribution >= 0.6 is 0 Å². The van der Waals surface area contributed by atoms with Crippen LogP contribution in [0.3, 0.4) is 0 Å². The standard InChI is InChI=1S/C20H21N3O3/c1-3-20(16(21)24,19(2)17(25)22-18(26)23-19)15-11-9-14(10-12-15)13-7-5-4-6-8-13/h4-12H,3H2,1-2H3,(H2,21,24)(H2,22,23,25,26). The molecule has 134 valence electrons. The first-order valence-electron chi connectivity index (χ1n) is 8.44. The van der Waals surface area contributed by atoms with E-state index < -0.39 is 28.8 Å². The van der Waals surface area contributed by atoms with Crippen LogP contribution in [0, 0.1) is 0 Å². The van der Waals surface area contributed by atoms with E-state index in [4.69, 9.17) is 5.73 Å². The van der Waals surface area contributed by atoms with Crippen molar-refractivity contribution < 1.29 is 14.4 Å². The maximum Gasteiger partial charge on any atom is 0.322 e. The Labute approximate surface area is 151 Å². The van der Waals surface area contributed by atoms with Crippen LogP contribution in [0.25, 0.3) is 11.1 Å². The molecule has 3 rings (SSSR count). The molecule has 0 saturated carbocycles. The molecular weight excluding hydrogens is 330 g/mol. The fourth-order valence-corrected chi connectivity index (χ4v) is 3.83. The van der Waals surface area contributed by atoms with Crippen LogP contribution in [0.1, 0.15) is 25.8 Å². The molecule has 1 aliphatic rings. The summed E-state index contributed by atoms with van der Waals surface area (Å²) in [4.78, 5) is 36.7. The van der Waals surface area contributed by atoms with Gasteiger partial charge in [0.05, 0.1) is 0 Å². The Morgan fingerprint density at radius 1 is 1.04 bits per heavy atom. The lowest BCUT2D eigenvalue weighted by Gasteiger charge is -2.41. The molecule has 4 N–H and O–H groups in total. The van der Waals surface area contributed by atoms with Gasteiger partial charge < -0.3 is 11.1 Å². The average Bonchev–Trinajstić information content (AvgIpc) is 2.90. The van der Waals surface area contributed by atoms with E-state index >= 15 is 0 Å². The molecule has 6 heteroatoms. The highest BCUT2D eigenvalue weighted by molar-refractivity contribution is 6.11. The van der Waals surface area contributed by atoms with Gasteiger partial charge in [-0.25, -0.2) is 4.79 Å². The van der Waals surface area contributed by atoms with Gasteiger partial charge >= 0.3 is 6.03 Å². The molecule has 2 atom stereocenters. The quantitative estimate of drug-likeness (QED) is 0.719. The van der Waals surface area contributed by atoms with Gasteiger partial charge in [-0.2, -0.15) is 0 Å². The van der Waals surface area contributed by atoms with Crippen molar-refractivity contribution in [1.29, 1.82) is 0 Å². The molecule has 1 fully saturated rings. The molecule has 2 aromatic carbocycles. The summed E-state index contributed by atoms with van der Waals surface area (Å²) in [6, 6.07) is 16.5. The summed E-state index contributed by atoms with van der Waals surface area (Å²) >= 11 is 0. The first kappa shape index (κ1) is 17.7. The molecule has 26 heavy (non-hydrogen) atoms. The molecule has 1 aliphatic heterocycles. The van der Waals surface area contributed by atoms with E-state index in [2.05, 4.69) is 10.6 Å². The van der Waals surface area contributed by atoms with Crippen LogP contribution in [0.15, 0.2) is 54.6 Å². The molecule has 2 unspecified atom stereocenters. The van der Waals surface area contributed by atoms with Crippen LogP contribution in [0.2, 0.25) is 0 Å². The van der Waals surface area contributed by atoms with Crippen LogP contribution in [-0.2, 0) is 15.0 Å². The van der Waals surface area contributed by atoms with Crippen LogP contribution in [0.4, 0.5) is 4.79 Å². The summed E-state index contributed by atoms with van der Waals surface area (Å²) in [5.74, 6) is -1.22. The Kier molecular flexibility index (Phi) is 4.28. The molecule has 1 heterocycles. The van der Waals surface area contributed by atoms with Crippen molar-refractivity contribution in [3.63, 3.8) is 0 Å². The van der Waals surface area contributed by atoms with E-state index in [1.165, 1.54) is 6.92 Å². The minimum atomic E-state index is -1.46. The molecule has 1 saturated heterocycles. The van der Waals surface area contributed by atoms with Gasteiger partial charge in [0.15, 0.2) is 0 Å². The van der Waals surface area contributed by atoms with Gasteiger partial charge in [-0.05, 0) is 30.0 Å². The summed E-state index contributed by atoms with van der Waals surface area (Å²) in [5, 5.41) is 4.81. The van der Waals surface area contributed by atoms with Gasteiger partial charge in [-0.1, -0.05) is 61.5 Å². The second-order valence-electron chi connectivity index (χ2n) is 6.60. The van der Waals surface area contributed by atoms with Crippen molar-refractivity contribution in [3.8, 4) is 11.1 Å². The van der Waals surface area contributed by atoms with E-state index in [0.29, 0.717) is 5.56 Å². The van der Waals surface area contributed by atoms with Crippen molar-refractivity contribution in [3.05, 3.63) is 60.2 Å². The highest BCUT2D eigenvalue weighted by Crippen LogP contribution is 2.41. The summed E-state index contributed by atoms with van der Waals surface area (Å²) in [5.41, 5.74) is 5.55. The first-order valence-corrected chi connectivity index (χ1v) is 8.44. The molecule has 2 aromatic rings. The third-order valence-electron chi connectivity index (χ3n) is 5.33. The topological polar surface area (TPSA) is 101 Å². The van der Waals surface area contributed by atoms with Crippen LogP contribution in [-0.4, -0.2) is 23.4 Å². The molecule has 0 spiro atoms. The molecular formula is C20H21N3O3. The number of rotatable bonds is 5. The lowest BCUT2D eigenvalue weighted by Crippen LogP contribution is -2.65. The summed E-state index contributed by atoms with van der Waals surface area (Å²) in [6.45, 7) is 3.31. The third kappa shape index (κ3) is 2.45. The second-order valence-corrected chi connectivity index (χ2v) is 6.60. The summed E-state index contributed by atoms with van der Waals surface area (Å²) in [6.07, 6.45) is 0.261. The number of carbonyl (C=O) groups is 3. The highest BCUT2D eigenvalue weighted by atomic mass is 16.2. The maximum absolute atomic E-state index is 12.5. The van der Waals surface area contributed by atoms with Crippen molar-refractivity contribution in [2.24, 2.45) is 5.73 Å². The predicted octanol–water partition coefficient (Wildman–Crippen LogP) is 2.08. The number of benzene rings is 2. The second kappa shape index (κ2) is 6.29. The Morgan fingerprint density at radius 3 is 2.08 bits per heavy atom. The number of primary amides is 1. The van der Waals surface area contributed by atoms with Gasteiger partial charge in [0.1, 0.15) is 11.0 Å². The van der Waals surface area contributed by atoms with E-state index in [1.807, 2.05) is 42.5 Å². The summed E-state index contributed by atoms with van der Waals surface area (Å²) < 4.78 is 0. The zero-order valence-electron chi connectivity index (χ0n) is 14.7. The van der Waals surface area contributed by atoms with Gasteiger partial charge in [0.25, 0.3) is 5.91 Å². The minimum absolute atomic E-state index is 0.261. The highest BCUT2D eigenvalue weighted by Gasteiger charge is 2.61. The molecule has 0 bridgehead atoms. The monoisotopic (exact) mass is 351 g/mol. The maximum atomic E-state index is 12.5. The lowest BCUT2D eigenvalue weighted by atomic mass is 9.63. The van der Waals surface area contributed by atoms with Crippen molar-refractivity contribution >= 4 is 17.8 Å². The van der Waals surface area contributed by atoms with Crippen molar-refractivity contribution in [2.75, 3.05) is 0 Å². The van der Waals surface area contributed by atoms with E-state index in [9.17, 15) is 14.4 Å². The van der Waals surface area contributed by atoms with Crippen molar-refractivity contribution in [1.82, 2.24) is 10.6 Å². The SMILES string of the molecule is CCC(C(N)=O)(c1ccc(-c2ccccc2)cc1)C1(C)NC(=O)NC1=O. The Bertz CT molecular complexity index is 864. The molecule has 4 amide bonds. The van der Waals surface area contributed by atoms with E-state index in [-0.39, 0.29) is 6.42 Å². The van der Waals surface area contributed by atoms with Gasteiger partial charge in [-0.15, -0.1) is 0 Å². The number of urea groups is 1. The number of hydrogen-bond acceptors (Lipinski definition) is 3. The van der Waals surface area contributed by atoms with Gasteiger partial charge in [-0.3, -0.25) is 14.9 Å². The average molecular weight is 351 g/mol. The zero-order valence-corrected chi connectivity index (χ0v) is 14.7.